The number of carbonyl (C=O) groups excluding carboxylic acids is 2. The molecule has 0 spiro atoms. The lowest BCUT2D eigenvalue weighted by atomic mass is 10.00. The van der Waals surface area contributed by atoms with Gasteiger partial charge in [0.2, 0.25) is 11.8 Å². The van der Waals surface area contributed by atoms with Crippen molar-refractivity contribution in [2.24, 2.45) is 77.3 Å². The number of nitrogens with two attached hydrogens (primary N) is 10. The van der Waals surface area contributed by atoms with Gasteiger partial charge >= 0.3 is 0 Å². The van der Waals surface area contributed by atoms with Crippen LogP contribution in [0.5, 0.6) is 34.5 Å². The van der Waals surface area contributed by atoms with E-state index in [0.717, 1.165) is 11.1 Å². The molecule has 434 valence electrons. The van der Waals surface area contributed by atoms with Crippen molar-refractivity contribution in [1.29, 1.82) is 10.8 Å². The van der Waals surface area contributed by atoms with Crippen molar-refractivity contribution in [1.82, 2.24) is 10.6 Å². The maximum absolute atomic E-state index is 13.1. The summed E-state index contributed by atoms with van der Waals surface area (Å²) < 4.78 is 37.0. The number of hydrogen-bond donors (Lipinski definition) is 14. The van der Waals surface area contributed by atoms with E-state index in [1.165, 1.54) is 21.6 Å². The number of aliphatic imine (C=N–C) groups is 4. The number of benzene rings is 4. The molecule has 2 amide bonds. The molecule has 0 atom stereocenters. The highest BCUT2D eigenvalue weighted by atomic mass is 33.1. The van der Waals surface area contributed by atoms with E-state index in [4.69, 9.17) is 96.6 Å². The lowest BCUT2D eigenvalue weighted by Gasteiger charge is -2.19. The Morgan fingerprint density at radius 3 is 1.11 bits per heavy atom. The third-order valence-corrected chi connectivity index (χ3v) is 13.2. The van der Waals surface area contributed by atoms with E-state index >= 15 is 0 Å². The zero-order chi connectivity index (χ0) is 58.1. The minimum Gasteiger partial charge on any atom is -0.491 e. The predicted molar refractivity (Wildman–Crippen MR) is 320 cm³/mol. The van der Waals surface area contributed by atoms with E-state index in [2.05, 4.69) is 30.6 Å². The van der Waals surface area contributed by atoms with Gasteiger partial charge in [-0.25, -0.2) is 0 Å². The smallest absolute Gasteiger partial charge is 0.221 e. The molecule has 4 aromatic carbocycles. The number of carbonyl (C=O) groups is 2. The summed E-state index contributed by atoms with van der Waals surface area (Å²) in [5.74, 6) is 3.30. The van der Waals surface area contributed by atoms with Crippen molar-refractivity contribution in [3.05, 3.63) is 83.9 Å². The average Bonchev–Trinajstić information content (AvgIpc) is 3.44. The standard InChI is InChI=1S/C52H76N18O8S2/c53-43(54)9-3-21-77-47-35(5-1-7-41(47)75-25-19-67-51(61)62)37-29-33(11-13-39(37)73-23-17-65-49(57)58)31-69-45(71)15-27-79-80-28-16-46(72)70-32-34-12-14-40(74-24-18-66-50(59)60)38(30-34)36-6-2-8-42(76-26-20-68-52(63)64)48(36)78-22-4-10-44(55)56/h1-2,5-8,11-14,29-30H,3-4,9-10,15-28,31-32H2,(H3,53,54)(H3,55,56)(H,69,71)(H,70,72)(H4,57,58,65)(H4,59,60,66)(H4,61,62,67)(H4,63,64,68). The number of para-hydroxylation sites is 2. The molecule has 24 N–H and O–H groups in total. The number of nitrogens with zero attached hydrogens (tertiary/aromatic N) is 4. The fraction of sp³-hybridized carbons (Fsp3) is 0.385. The Morgan fingerprint density at radius 2 is 0.775 bits per heavy atom. The second kappa shape index (κ2) is 35.7. The summed E-state index contributed by atoms with van der Waals surface area (Å²) in [5.41, 5.74) is 59.5. The lowest BCUT2D eigenvalue weighted by molar-refractivity contribution is -0.121. The first-order valence-electron chi connectivity index (χ1n) is 25.4. The Morgan fingerprint density at radius 1 is 0.425 bits per heavy atom. The van der Waals surface area contributed by atoms with Gasteiger partial charge in [0.1, 0.15) is 37.9 Å². The normalized spacial score (nSPS) is 10.6. The summed E-state index contributed by atoms with van der Waals surface area (Å²) in [4.78, 5) is 42.3. The van der Waals surface area contributed by atoms with Gasteiger partial charge in [-0.2, -0.15) is 0 Å². The van der Waals surface area contributed by atoms with Crippen LogP contribution in [-0.2, 0) is 22.7 Å². The van der Waals surface area contributed by atoms with Crippen LogP contribution in [0.25, 0.3) is 22.3 Å². The number of amidine groups is 2. The molecule has 0 radical (unpaired) electrons. The number of nitrogens with one attached hydrogen (secondary N) is 4. The fourth-order valence-electron chi connectivity index (χ4n) is 7.19. The summed E-state index contributed by atoms with van der Waals surface area (Å²) in [7, 11) is 3.00. The Hall–Kier alpha value is -8.66. The molecular formula is C52H76N18O8S2. The summed E-state index contributed by atoms with van der Waals surface area (Å²) in [6.07, 6.45) is 2.16. The lowest BCUT2D eigenvalue weighted by Crippen LogP contribution is -2.24. The fourth-order valence-corrected chi connectivity index (χ4v) is 9.17. The van der Waals surface area contributed by atoms with E-state index in [1.54, 1.807) is 24.3 Å². The van der Waals surface area contributed by atoms with Crippen LogP contribution in [0.3, 0.4) is 0 Å². The second-order valence-corrected chi connectivity index (χ2v) is 19.9. The van der Waals surface area contributed by atoms with E-state index in [0.29, 0.717) is 93.9 Å². The van der Waals surface area contributed by atoms with Crippen molar-refractivity contribution in [3.63, 3.8) is 0 Å². The quantitative estimate of drug-likeness (QED) is 0.0131. The van der Waals surface area contributed by atoms with Gasteiger partial charge < -0.3 is 96.4 Å². The Bertz CT molecular complexity index is 2580. The summed E-state index contributed by atoms with van der Waals surface area (Å²) in [5, 5.41) is 21.3. The topological polar surface area (TPSA) is 471 Å². The SMILES string of the molecule is N=C(N)CCCOc1c(OCCN=C(N)N)cccc1-c1cc(CNC(=O)CCSSCCC(=O)NCc2ccc(OCCN=C(N)N)c(-c3cccc(OCCN=C(N)N)c3OCCCC(=N)N)c2)ccc1OCCN=C(N)N. The van der Waals surface area contributed by atoms with Gasteiger partial charge in [-0.1, -0.05) is 58.0 Å². The average molecular weight is 1150 g/mol. The first-order valence-corrected chi connectivity index (χ1v) is 27.9. The zero-order valence-corrected chi connectivity index (χ0v) is 46.3. The van der Waals surface area contributed by atoms with Crippen molar-refractivity contribution in [3.8, 4) is 56.8 Å². The zero-order valence-electron chi connectivity index (χ0n) is 44.7. The summed E-state index contributed by atoms with van der Waals surface area (Å²) >= 11 is 0. The molecule has 28 heteroatoms. The van der Waals surface area contributed by atoms with Crippen LogP contribution in [-0.4, -0.2) is 125 Å². The van der Waals surface area contributed by atoms with Crippen molar-refractivity contribution < 1.29 is 38.0 Å². The Balaban J connectivity index is 1.37. The third kappa shape index (κ3) is 24.8. The van der Waals surface area contributed by atoms with Crippen LogP contribution >= 0.6 is 21.6 Å². The molecule has 0 aliphatic rings. The molecule has 0 saturated heterocycles. The first kappa shape index (κ1) is 63.9. The van der Waals surface area contributed by atoms with Crippen LogP contribution in [0.2, 0.25) is 0 Å². The summed E-state index contributed by atoms with van der Waals surface area (Å²) in [6.45, 7) is 2.45. The minimum atomic E-state index is -0.154. The largest absolute Gasteiger partial charge is 0.491 e. The van der Waals surface area contributed by atoms with E-state index in [9.17, 15) is 9.59 Å². The molecule has 26 nitrogen and oxygen atoms in total. The van der Waals surface area contributed by atoms with Crippen molar-refractivity contribution in [2.45, 2.75) is 51.6 Å². The number of amides is 2. The molecule has 80 heavy (non-hydrogen) atoms. The molecule has 0 unspecified atom stereocenters. The van der Waals surface area contributed by atoms with Crippen LogP contribution in [0.4, 0.5) is 0 Å². The van der Waals surface area contributed by atoms with E-state index < -0.39 is 0 Å². The molecule has 0 aromatic heterocycles. The number of rotatable bonds is 39. The summed E-state index contributed by atoms with van der Waals surface area (Å²) in [6, 6.07) is 22.0. The molecule has 4 rings (SSSR count). The predicted octanol–water partition coefficient (Wildman–Crippen LogP) is 1.91. The first-order chi connectivity index (χ1) is 38.5. The number of guanidine groups is 4. The molecule has 0 bridgehead atoms. The molecule has 4 aromatic rings. The van der Waals surface area contributed by atoms with Gasteiger partial charge in [-0.05, 0) is 60.4 Å². The van der Waals surface area contributed by atoms with Crippen LogP contribution in [0.1, 0.15) is 49.7 Å². The van der Waals surface area contributed by atoms with E-state index in [-0.39, 0.29) is 139 Å². The Labute approximate surface area is 473 Å². The van der Waals surface area contributed by atoms with Crippen LogP contribution < -0.4 is 96.4 Å². The minimum absolute atomic E-state index is 0.0454. The van der Waals surface area contributed by atoms with Gasteiger partial charge in [0.25, 0.3) is 0 Å². The van der Waals surface area contributed by atoms with E-state index in [1.807, 2.05) is 48.5 Å². The van der Waals surface area contributed by atoms with Gasteiger partial charge in [0.15, 0.2) is 46.8 Å². The molecule has 0 aliphatic carbocycles. The number of hydrogen-bond acceptors (Lipinski definition) is 16. The molecular weight excluding hydrogens is 1070 g/mol. The molecule has 0 heterocycles. The highest BCUT2D eigenvalue weighted by Crippen LogP contribution is 2.44. The van der Waals surface area contributed by atoms with Crippen molar-refractivity contribution in [2.75, 3.05) is 77.3 Å². The third-order valence-electron chi connectivity index (χ3n) is 10.8. The molecule has 0 saturated carbocycles. The molecule has 0 aliphatic heterocycles. The molecule has 0 fully saturated rings. The van der Waals surface area contributed by atoms with Gasteiger partial charge in [-0.15, -0.1) is 0 Å². The monoisotopic (exact) mass is 1140 g/mol. The van der Waals surface area contributed by atoms with Gasteiger partial charge in [0, 0.05) is 72.5 Å². The van der Waals surface area contributed by atoms with Crippen LogP contribution in [0, 0.1) is 10.8 Å². The highest BCUT2D eigenvalue weighted by Gasteiger charge is 2.21. The highest BCUT2D eigenvalue weighted by molar-refractivity contribution is 8.76. The maximum Gasteiger partial charge on any atom is 0.221 e. The Kier molecular flexibility index (Phi) is 28.5. The maximum atomic E-state index is 13.1. The van der Waals surface area contributed by atoms with Crippen molar-refractivity contribution >= 4 is 68.9 Å². The second-order valence-electron chi connectivity index (χ2n) is 17.2. The van der Waals surface area contributed by atoms with Gasteiger partial charge in [0.05, 0.1) is 51.1 Å². The number of ether oxygens (including phenoxy) is 6. The van der Waals surface area contributed by atoms with Gasteiger partial charge in [-0.3, -0.25) is 40.4 Å². The van der Waals surface area contributed by atoms with Crippen LogP contribution in [0.15, 0.2) is 92.8 Å².